The molecule has 0 spiro atoms. The molecule has 1 atom stereocenters. The Kier molecular flexibility index (Phi) is 5.19. The van der Waals surface area contributed by atoms with E-state index in [1.807, 2.05) is 0 Å². The first-order valence-corrected chi connectivity index (χ1v) is 8.89. The zero-order valence-corrected chi connectivity index (χ0v) is 16.2. The molecule has 2 heterocycles. The fourth-order valence-corrected chi connectivity index (χ4v) is 3.01. The standard InChI is InChI=1S/C19H23N5O4/c1-11(2)28-18(26)14(20)9-12-5-7-13(8-6-12)24-17(25)15-16(21-10-22(15)3)23(4)19(24)27/h5-8,10-11,14H,9,20H2,1-4H3/t14-/m0/s1. The summed E-state index contributed by atoms with van der Waals surface area (Å²) in [4.78, 5) is 41.5. The third-order valence-electron chi connectivity index (χ3n) is 4.42. The van der Waals surface area contributed by atoms with Gasteiger partial charge in [0.2, 0.25) is 0 Å². The molecule has 9 heteroatoms. The number of aromatic nitrogens is 4. The van der Waals surface area contributed by atoms with Gasteiger partial charge >= 0.3 is 11.7 Å². The minimum atomic E-state index is -0.783. The second kappa shape index (κ2) is 7.43. The van der Waals surface area contributed by atoms with Gasteiger partial charge < -0.3 is 15.0 Å². The molecule has 0 aliphatic rings. The fourth-order valence-electron chi connectivity index (χ4n) is 3.01. The molecule has 28 heavy (non-hydrogen) atoms. The molecule has 0 aliphatic carbocycles. The number of esters is 1. The Hall–Kier alpha value is -3.20. The van der Waals surface area contributed by atoms with Crippen LogP contribution in [0, 0.1) is 0 Å². The Morgan fingerprint density at radius 2 is 1.82 bits per heavy atom. The molecule has 0 radical (unpaired) electrons. The maximum atomic E-state index is 12.8. The molecule has 1 aromatic carbocycles. The predicted octanol–water partition coefficient (Wildman–Crippen LogP) is 0.244. The smallest absolute Gasteiger partial charge is 0.337 e. The minimum Gasteiger partial charge on any atom is -0.462 e. The van der Waals surface area contributed by atoms with Crippen LogP contribution in [0.1, 0.15) is 19.4 Å². The molecule has 0 aliphatic heterocycles. The molecule has 0 amide bonds. The van der Waals surface area contributed by atoms with Gasteiger partial charge in [-0.3, -0.25) is 14.2 Å². The molecular formula is C19H23N5O4. The van der Waals surface area contributed by atoms with Crippen LogP contribution < -0.4 is 17.0 Å². The lowest BCUT2D eigenvalue weighted by molar-refractivity contribution is -0.148. The molecular weight excluding hydrogens is 362 g/mol. The van der Waals surface area contributed by atoms with Crippen LogP contribution in [-0.2, 0) is 30.0 Å². The first-order chi connectivity index (χ1) is 13.2. The van der Waals surface area contributed by atoms with Crippen molar-refractivity contribution in [3.8, 4) is 5.69 Å². The lowest BCUT2D eigenvalue weighted by Crippen LogP contribution is -2.38. The maximum absolute atomic E-state index is 12.8. The quantitative estimate of drug-likeness (QED) is 0.630. The number of nitrogens with two attached hydrogens (primary N) is 1. The van der Waals surface area contributed by atoms with Crippen molar-refractivity contribution >= 4 is 17.1 Å². The summed E-state index contributed by atoms with van der Waals surface area (Å²) in [6.07, 6.45) is 1.56. The van der Waals surface area contributed by atoms with Crippen molar-refractivity contribution < 1.29 is 9.53 Å². The van der Waals surface area contributed by atoms with Gasteiger partial charge in [0, 0.05) is 14.1 Å². The molecule has 3 aromatic rings. The normalized spacial score (nSPS) is 12.5. The Labute approximate surface area is 161 Å². The first kappa shape index (κ1) is 19.6. The Morgan fingerprint density at radius 3 is 2.43 bits per heavy atom. The van der Waals surface area contributed by atoms with Crippen LogP contribution in [0.2, 0.25) is 0 Å². The summed E-state index contributed by atoms with van der Waals surface area (Å²) in [6, 6.07) is 5.99. The van der Waals surface area contributed by atoms with Crippen molar-refractivity contribution in [3.05, 3.63) is 57.0 Å². The number of ether oxygens (including phenoxy) is 1. The van der Waals surface area contributed by atoms with Crippen molar-refractivity contribution in [1.82, 2.24) is 18.7 Å². The number of rotatable bonds is 5. The Morgan fingerprint density at radius 1 is 1.18 bits per heavy atom. The number of hydrogen-bond donors (Lipinski definition) is 1. The van der Waals surface area contributed by atoms with Crippen molar-refractivity contribution in [2.45, 2.75) is 32.4 Å². The van der Waals surface area contributed by atoms with E-state index in [1.54, 1.807) is 56.8 Å². The number of carbonyl (C=O) groups excluding carboxylic acids is 1. The van der Waals surface area contributed by atoms with E-state index in [-0.39, 0.29) is 6.10 Å². The van der Waals surface area contributed by atoms with Gasteiger partial charge in [0.05, 0.1) is 18.1 Å². The number of nitrogens with zero attached hydrogens (tertiary/aromatic N) is 4. The highest BCUT2D eigenvalue weighted by atomic mass is 16.5. The summed E-state index contributed by atoms with van der Waals surface area (Å²) in [5, 5.41) is 0. The second-order valence-corrected chi connectivity index (χ2v) is 6.97. The molecule has 0 unspecified atom stereocenters. The van der Waals surface area contributed by atoms with Gasteiger partial charge in [-0.2, -0.15) is 0 Å². The number of benzene rings is 1. The van der Waals surface area contributed by atoms with Gasteiger partial charge in [-0.05, 0) is 38.0 Å². The van der Waals surface area contributed by atoms with Crippen molar-refractivity contribution in [1.29, 1.82) is 0 Å². The summed E-state index contributed by atoms with van der Waals surface area (Å²) in [6.45, 7) is 3.52. The van der Waals surface area contributed by atoms with E-state index in [0.717, 1.165) is 10.1 Å². The van der Waals surface area contributed by atoms with Crippen LogP contribution in [0.15, 0.2) is 40.2 Å². The van der Waals surface area contributed by atoms with E-state index in [9.17, 15) is 14.4 Å². The highest BCUT2D eigenvalue weighted by Gasteiger charge is 2.18. The van der Waals surface area contributed by atoms with Crippen LogP contribution in [0.25, 0.3) is 16.9 Å². The predicted molar refractivity (Wildman–Crippen MR) is 104 cm³/mol. The van der Waals surface area contributed by atoms with Crippen LogP contribution in [0.5, 0.6) is 0 Å². The van der Waals surface area contributed by atoms with E-state index >= 15 is 0 Å². The van der Waals surface area contributed by atoms with Crippen LogP contribution in [-0.4, -0.2) is 36.8 Å². The van der Waals surface area contributed by atoms with E-state index in [0.29, 0.717) is 23.3 Å². The second-order valence-electron chi connectivity index (χ2n) is 6.97. The SMILES string of the molecule is CC(C)OC(=O)[C@@H](N)Cc1ccc(-n2c(=O)c3c(ncn3C)n(C)c2=O)cc1. The van der Waals surface area contributed by atoms with Crippen LogP contribution in [0.4, 0.5) is 0 Å². The van der Waals surface area contributed by atoms with E-state index < -0.39 is 23.3 Å². The molecule has 0 fully saturated rings. The Bertz CT molecular complexity index is 1140. The zero-order valence-electron chi connectivity index (χ0n) is 16.2. The van der Waals surface area contributed by atoms with Crippen molar-refractivity contribution in [2.75, 3.05) is 0 Å². The third kappa shape index (κ3) is 3.48. The van der Waals surface area contributed by atoms with Crippen molar-refractivity contribution in [3.63, 3.8) is 0 Å². The van der Waals surface area contributed by atoms with Crippen molar-refractivity contribution in [2.24, 2.45) is 19.8 Å². The first-order valence-electron chi connectivity index (χ1n) is 8.89. The summed E-state index contributed by atoms with van der Waals surface area (Å²) < 4.78 is 9.12. The molecule has 0 saturated carbocycles. The van der Waals surface area contributed by atoms with Gasteiger partial charge in [0.1, 0.15) is 6.04 Å². The fraction of sp³-hybridized carbons (Fsp3) is 0.368. The van der Waals surface area contributed by atoms with Gasteiger partial charge in [-0.15, -0.1) is 0 Å². The number of fused-ring (bicyclic) bond motifs is 1. The number of aryl methyl sites for hydroxylation is 2. The highest BCUT2D eigenvalue weighted by molar-refractivity contribution is 5.76. The van der Waals surface area contributed by atoms with Crippen LogP contribution in [0.3, 0.4) is 0 Å². The van der Waals surface area contributed by atoms with Gasteiger partial charge in [-0.1, -0.05) is 12.1 Å². The summed E-state index contributed by atoms with van der Waals surface area (Å²) in [5.41, 5.74) is 6.85. The van der Waals surface area contributed by atoms with Gasteiger partial charge in [0.25, 0.3) is 5.56 Å². The number of imidazole rings is 1. The molecule has 2 N–H and O–H groups in total. The molecule has 3 rings (SSSR count). The molecule has 2 aromatic heterocycles. The third-order valence-corrected chi connectivity index (χ3v) is 4.42. The summed E-state index contributed by atoms with van der Waals surface area (Å²) in [7, 11) is 3.27. The Balaban J connectivity index is 1.94. The van der Waals surface area contributed by atoms with Crippen LogP contribution >= 0.6 is 0 Å². The number of hydrogen-bond acceptors (Lipinski definition) is 6. The molecule has 148 valence electrons. The summed E-state index contributed by atoms with van der Waals surface area (Å²) in [5.74, 6) is -0.467. The molecule has 0 bridgehead atoms. The van der Waals surface area contributed by atoms with Gasteiger partial charge in [-0.25, -0.2) is 14.3 Å². The zero-order chi connectivity index (χ0) is 20.6. The monoisotopic (exact) mass is 385 g/mol. The largest absolute Gasteiger partial charge is 0.462 e. The van der Waals surface area contributed by atoms with E-state index in [4.69, 9.17) is 10.5 Å². The topological polar surface area (TPSA) is 114 Å². The summed E-state index contributed by atoms with van der Waals surface area (Å²) >= 11 is 0. The molecule has 0 saturated heterocycles. The van der Waals surface area contributed by atoms with E-state index in [2.05, 4.69) is 4.98 Å². The lowest BCUT2D eigenvalue weighted by atomic mass is 10.1. The average Bonchev–Trinajstić information content (AvgIpc) is 3.03. The average molecular weight is 385 g/mol. The number of carbonyl (C=O) groups is 1. The molecule has 9 nitrogen and oxygen atoms in total. The van der Waals surface area contributed by atoms with Gasteiger partial charge in [0.15, 0.2) is 11.2 Å². The lowest BCUT2D eigenvalue weighted by Gasteiger charge is -2.14. The maximum Gasteiger partial charge on any atom is 0.337 e. The highest BCUT2D eigenvalue weighted by Crippen LogP contribution is 2.11. The van der Waals surface area contributed by atoms with E-state index in [1.165, 1.54) is 10.9 Å². The minimum absolute atomic E-state index is 0.231.